The molecule has 0 bridgehead atoms. The van der Waals surface area contributed by atoms with Crippen molar-refractivity contribution in [2.75, 3.05) is 26.5 Å². The van der Waals surface area contributed by atoms with E-state index in [0.29, 0.717) is 31.3 Å². The Morgan fingerprint density at radius 2 is 1.55 bits per heavy atom. The first-order valence-corrected chi connectivity index (χ1v) is 18.3. The number of hydrogen-bond donors (Lipinski definition) is 4. The first-order chi connectivity index (χ1) is 22.3. The number of hydrogen-bond acceptors (Lipinski definition) is 8. The number of nitrogens with zero attached hydrogens (tertiary/aromatic N) is 1. The molecule has 47 heavy (non-hydrogen) atoms. The van der Waals surface area contributed by atoms with E-state index in [0.717, 1.165) is 50.2 Å². The van der Waals surface area contributed by atoms with Crippen molar-refractivity contribution < 1.29 is 32.6 Å². The highest BCUT2D eigenvalue weighted by Crippen LogP contribution is 2.39. The number of alkyl carbamates (subject to hydrolysis) is 1. The molecule has 0 aromatic heterocycles. The lowest BCUT2D eigenvalue weighted by Gasteiger charge is -2.46. The number of methoxy groups -OCH3 is 1. The summed E-state index contributed by atoms with van der Waals surface area (Å²) in [4.78, 5) is 41.8. The van der Waals surface area contributed by atoms with Gasteiger partial charge in [0.05, 0.1) is 30.0 Å². The van der Waals surface area contributed by atoms with Crippen LogP contribution >= 0.6 is 0 Å². The molecular formula is C35H50N4O7S. The molecule has 2 aromatic carbocycles. The van der Waals surface area contributed by atoms with Crippen molar-refractivity contribution in [3.8, 4) is 0 Å². The lowest BCUT2D eigenvalue weighted by molar-refractivity contribution is -0.132. The van der Waals surface area contributed by atoms with Gasteiger partial charge in [0.25, 0.3) is 0 Å². The SMILES string of the molecule is COC(=O)N[C@H](C(=O)N[C@@H](Cc1ccccc1)[C@H](O)CN1C[C@H]2CCCC[C@H]2C[C@H]1C(=O)NCc1ccccc1)C(C)(C)S(C)(=O)=O. The number of carbonyl (C=O) groups excluding carboxylic acids is 3. The molecule has 12 heteroatoms. The van der Waals surface area contributed by atoms with E-state index >= 15 is 0 Å². The normalized spacial score (nSPS) is 22.2. The minimum absolute atomic E-state index is 0.0917. The average Bonchev–Trinajstić information content (AvgIpc) is 3.05. The Morgan fingerprint density at radius 1 is 0.957 bits per heavy atom. The number of ether oxygens (including phenoxy) is 1. The summed E-state index contributed by atoms with van der Waals surface area (Å²) < 4.78 is 28.5. The number of piperidine rings is 1. The molecule has 1 aliphatic carbocycles. The van der Waals surface area contributed by atoms with Crippen molar-refractivity contribution in [1.29, 1.82) is 0 Å². The molecule has 6 atom stereocenters. The van der Waals surface area contributed by atoms with E-state index in [1.54, 1.807) is 0 Å². The predicted molar refractivity (Wildman–Crippen MR) is 180 cm³/mol. The highest BCUT2D eigenvalue weighted by atomic mass is 32.2. The van der Waals surface area contributed by atoms with Crippen molar-refractivity contribution in [2.45, 2.75) is 87.9 Å². The summed E-state index contributed by atoms with van der Waals surface area (Å²) in [6.45, 7) is 3.90. The highest BCUT2D eigenvalue weighted by Gasteiger charge is 2.46. The van der Waals surface area contributed by atoms with Crippen LogP contribution < -0.4 is 16.0 Å². The summed E-state index contributed by atoms with van der Waals surface area (Å²) in [6.07, 6.45) is 4.30. The van der Waals surface area contributed by atoms with Crippen molar-refractivity contribution in [3.63, 3.8) is 0 Å². The Hall–Kier alpha value is -3.48. The van der Waals surface area contributed by atoms with Gasteiger partial charge in [-0.1, -0.05) is 79.9 Å². The number of likely N-dealkylation sites (tertiary alicyclic amines) is 1. The van der Waals surface area contributed by atoms with Crippen LogP contribution in [0.15, 0.2) is 60.7 Å². The highest BCUT2D eigenvalue weighted by molar-refractivity contribution is 7.92. The van der Waals surface area contributed by atoms with E-state index in [1.807, 2.05) is 65.6 Å². The summed E-state index contributed by atoms with van der Waals surface area (Å²) in [5.74, 6) is -0.00628. The second kappa shape index (κ2) is 16.1. The molecule has 2 fully saturated rings. The first-order valence-electron chi connectivity index (χ1n) is 16.4. The maximum absolute atomic E-state index is 13.8. The maximum Gasteiger partial charge on any atom is 0.407 e. The van der Waals surface area contributed by atoms with Gasteiger partial charge in [0.15, 0.2) is 9.84 Å². The van der Waals surface area contributed by atoms with E-state index in [9.17, 15) is 27.9 Å². The number of β-amino-alcohol motifs (C(OH)–C–C–N with tert-alkyl or cyclic N) is 1. The zero-order chi connectivity index (χ0) is 34.2. The Bertz CT molecular complexity index is 1450. The number of aliphatic hydroxyl groups excluding tert-OH is 1. The second-order valence-electron chi connectivity index (χ2n) is 13.5. The maximum atomic E-state index is 13.8. The van der Waals surface area contributed by atoms with E-state index in [1.165, 1.54) is 13.8 Å². The third-order valence-electron chi connectivity index (χ3n) is 9.99. The Balaban J connectivity index is 1.58. The fourth-order valence-corrected chi connectivity index (χ4v) is 7.40. The topological polar surface area (TPSA) is 154 Å². The molecule has 1 saturated heterocycles. The van der Waals surface area contributed by atoms with Crippen molar-refractivity contribution in [1.82, 2.24) is 20.9 Å². The Kier molecular flexibility index (Phi) is 12.4. The standard InChI is InChI=1S/C35H50N4O7S/c1-35(2,47(4,44)45)31(38-34(43)46-3)33(42)37-28(19-24-13-7-5-8-14-24)30(40)23-39-22-27-18-12-11-17-26(27)20-29(39)32(41)36-21-25-15-9-6-10-16-25/h5-10,13-16,26-31,40H,11-12,17-23H2,1-4H3,(H,36,41)(H,37,42)(H,38,43)/t26-,27+,28-,29-,30+,31+/m0/s1. The monoisotopic (exact) mass is 670 g/mol. The predicted octanol–water partition coefficient (Wildman–Crippen LogP) is 2.82. The molecular weight excluding hydrogens is 620 g/mol. The van der Waals surface area contributed by atoms with Gasteiger partial charge in [0, 0.05) is 25.9 Å². The zero-order valence-electron chi connectivity index (χ0n) is 27.9. The number of sulfone groups is 1. The molecule has 2 aliphatic rings. The van der Waals surface area contributed by atoms with Gasteiger partial charge in [-0.15, -0.1) is 0 Å². The van der Waals surface area contributed by atoms with Gasteiger partial charge in [-0.05, 0) is 56.1 Å². The summed E-state index contributed by atoms with van der Waals surface area (Å²) in [5, 5.41) is 20.2. The summed E-state index contributed by atoms with van der Waals surface area (Å²) >= 11 is 0. The Labute approximate surface area is 278 Å². The van der Waals surface area contributed by atoms with Crippen LogP contribution in [0, 0.1) is 11.8 Å². The molecule has 4 rings (SSSR count). The number of aliphatic hydroxyl groups is 1. The van der Waals surface area contributed by atoms with E-state index in [-0.39, 0.29) is 18.9 Å². The zero-order valence-corrected chi connectivity index (χ0v) is 28.7. The van der Waals surface area contributed by atoms with Gasteiger partial charge >= 0.3 is 6.09 Å². The van der Waals surface area contributed by atoms with Crippen molar-refractivity contribution >= 4 is 27.7 Å². The number of rotatable bonds is 13. The van der Waals surface area contributed by atoms with Crippen LogP contribution in [0.5, 0.6) is 0 Å². The van der Waals surface area contributed by atoms with Crippen LogP contribution in [0.4, 0.5) is 4.79 Å². The van der Waals surface area contributed by atoms with Crippen LogP contribution in [0.25, 0.3) is 0 Å². The van der Waals surface area contributed by atoms with Gasteiger partial charge in [-0.25, -0.2) is 13.2 Å². The molecule has 1 heterocycles. The third kappa shape index (κ3) is 9.55. The molecule has 0 radical (unpaired) electrons. The number of amides is 3. The first kappa shape index (κ1) is 36.4. The average molecular weight is 671 g/mol. The van der Waals surface area contributed by atoms with Crippen LogP contribution in [-0.4, -0.2) is 91.8 Å². The van der Waals surface area contributed by atoms with Crippen molar-refractivity contribution in [3.05, 3.63) is 71.8 Å². The number of benzene rings is 2. The van der Waals surface area contributed by atoms with Gasteiger partial charge < -0.3 is 25.8 Å². The summed E-state index contributed by atoms with van der Waals surface area (Å²) in [5.41, 5.74) is 1.84. The molecule has 258 valence electrons. The molecule has 2 aromatic rings. The van der Waals surface area contributed by atoms with Gasteiger partial charge in [-0.2, -0.15) is 0 Å². The fourth-order valence-electron chi connectivity index (χ4n) is 6.81. The van der Waals surface area contributed by atoms with Crippen molar-refractivity contribution in [2.24, 2.45) is 11.8 Å². The molecule has 4 N–H and O–H groups in total. The lowest BCUT2D eigenvalue weighted by Crippen LogP contribution is -2.63. The quantitative estimate of drug-likeness (QED) is 0.254. The number of nitrogens with one attached hydrogen (secondary N) is 3. The largest absolute Gasteiger partial charge is 0.453 e. The summed E-state index contributed by atoms with van der Waals surface area (Å²) in [7, 11) is -2.71. The third-order valence-corrected chi connectivity index (χ3v) is 12.1. The van der Waals surface area contributed by atoms with Crippen LogP contribution in [-0.2, 0) is 37.1 Å². The Morgan fingerprint density at radius 3 is 2.15 bits per heavy atom. The molecule has 0 unspecified atom stereocenters. The van der Waals surface area contributed by atoms with Gasteiger partial charge in [0.1, 0.15) is 6.04 Å². The number of carbonyl (C=O) groups is 3. The van der Waals surface area contributed by atoms with E-state index in [2.05, 4.69) is 16.0 Å². The summed E-state index contributed by atoms with van der Waals surface area (Å²) in [6, 6.07) is 16.2. The fraction of sp³-hybridized carbons (Fsp3) is 0.571. The number of fused-ring (bicyclic) bond motifs is 1. The van der Waals surface area contributed by atoms with Crippen LogP contribution in [0.2, 0.25) is 0 Å². The minimum atomic E-state index is -3.84. The minimum Gasteiger partial charge on any atom is -0.453 e. The van der Waals surface area contributed by atoms with Gasteiger partial charge in [-0.3, -0.25) is 14.5 Å². The lowest BCUT2D eigenvalue weighted by atomic mass is 9.72. The smallest absolute Gasteiger partial charge is 0.407 e. The van der Waals surface area contributed by atoms with E-state index < -0.39 is 50.8 Å². The molecule has 0 spiro atoms. The second-order valence-corrected chi connectivity index (χ2v) is 16.1. The van der Waals surface area contributed by atoms with E-state index in [4.69, 9.17) is 4.74 Å². The van der Waals surface area contributed by atoms with Crippen LogP contribution in [0.3, 0.4) is 0 Å². The van der Waals surface area contributed by atoms with Gasteiger partial charge in [0.2, 0.25) is 11.8 Å². The molecule has 3 amide bonds. The molecule has 1 saturated carbocycles. The van der Waals surface area contributed by atoms with Crippen LogP contribution in [0.1, 0.15) is 57.1 Å². The molecule has 1 aliphatic heterocycles. The molecule has 11 nitrogen and oxygen atoms in total.